The third kappa shape index (κ3) is 4.66. The van der Waals surface area contributed by atoms with Gasteiger partial charge in [-0.15, -0.1) is 0 Å². The minimum Gasteiger partial charge on any atom is -0.497 e. The monoisotopic (exact) mass is 303 g/mol. The predicted octanol–water partition coefficient (Wildman–Crippen LogP) is 1.14. The van der Waals surface area contributed by atoms with E-state index in [2.05, 4.69) is 4.72 Å². The number of hydrogen-bond donors (Lipinski definition) is 2. The van der Waals surface area contributed by atoms with Gasteiger partial charge in [0.2, 0.25) is 10.0 Å². The maximum atomic E-state index is 12.2. The second kappa shape index (κ2) is 8.08. The molecule has 0 fully saturated rings. The summed E-state index contributed by atoms with van der Waals surface area (Å²) in [6, 6.07) is 4.55. The smallest absolute Gasteiger partial charge is 0.244 e. The third-order valence-corrected chi connectivity index (χ3v) is 4.29. The largest absolute Gasteiger partial charge is 0.497 e. The molecule has 0 bridgehead atoms. The Bertz CT molecular complexity index is 515. The van der Waals surface area contributed by atoms with Crippen LogP contribution >= 0.6 is 0 Å². The Kier molecular flexibility index (Phi) is 6.77. The molecule has 1 rings (SSSR count). The van der Waals surface area contributed by atoms with Crippen molar-refractivity contribution >= 4 is 10.0 Å². The van der Waals surface area contributed by atoms with Gasteiger partial charge in [-0.2, -0.15) is 0 Å². The van der Waals surface area contributed by atoms with Gasteiger partial charge in [-0.25, -0.2) is 13.1 Å². The lowest BCUT2D eigenvalue weighted by Gasteiger charge is -2.11. The Morgan fingerprint density at radius 2 is 1.90 bits per heavy atom. The van der Waals surface area contributed by atoms with Gasteiger partial charge in [-0.3, -0.25) is 0 Å². The lowest BCUT2D eigenvalue weighted by molar-refractivity contribution is 0.283. The molecule has 0 spiro atoms. The first-order valence-electron chi connectivity index (χ1n) is 6.37. The molecule has 0 aliphatic heterocycles. The van der Waals surface area contributed by atoms with Crippen molar-refractivity contribution in [3.63, 3.8) is 0 Å². The predicted molar refractivity (Wildman–Crippen MR) is 75.7 cm³/mol. The highest BCUT2D eigenvalue weighted by molar-refractivity contribution is 7.89. The van der Waals surface area contributed by atoms with Gasteiger partial charge in [0.25, 0.3) is 0 Å². The molecule has 1 aromatic rings. The second-order valence-electron chi connectivity index (χ2n) is 4.20. The number of aliphatic hydroxyl groups excluding tert-OH is 1. The first kappa shape index (κ1) is 16.7. The van der Waals surface area contributed by atoms with Crippen LogP contribution in [0.1, 0.15) is 19.3 Å². The van der Waals surface area contributed by atoms with E-state index in [0.29, 0.717) is 25.1 Å². The fraction of sp³-hybridized carbons (Fsp3) is 0.538. The maximum Gasteiger partial charge on any atom is 0.244 e. The van der Waals surface area contributed by atoms with E-state index in [0.717, 1.165) is 6.42 Å². The molecule has 20 heavy (non-hydrogen) atoms. The lowest BCUT2D eigenvalue weighted by Crippen LogP contribution is -2.25. The molecule has 114 valence electrons. The van der Waals surface area contributed by atoms with Crippen LogP contribution in [0.4, 0.5) is 0 Å². The minimum atomic E-state index is -3.61. The van der Waals surface area contributed by atoms with E-state index in [9.17, 15) is 8.42 Å². The van der Waals surface area contributed by atoms with E-state index in [-0.39, 0.29) is 17.3 Å². The topological polar surface area (TPSA) is 84.9 Å². The van der Waals surface area contributed by atoms with Crippen molar-refractivity contribution in [2.75, 3.05) is 27.4 Å². The maximum absolute atomic E-state index is 12.2. The highest BCUT2D eigenvalue weighted by Crippen LogP contribution is 2.28. The van der Waals surface area contributed by atoms with E-state index in [1.54, 1.807) is 6.07 Å². The second-order valence-corrected chi connectivity index (χ2v) is 5.93. The fourth-order valence-electron chi connectivity index (χ4n) is 1.69. The Labute approximate surface area is 119 Å². The van der Waals surface area contributed by atoms with Crippen molar-refractivity contribution in [2.45, 2.75) is 24.2 Å². The Hall–Kier alpha value is -1.31. The van der Waals surface area contributed by atoms with Crippen molar-refractivity contribution < 1.29 is 23.0 Å². The van der Waals surface area contributed by atoms with E-state index in [4.69, 9.17) is 14.6 Å². The van der Waals surface area contributed by atoms with Gasteiger partial charge in [-0.1, -0.05) is 0 Å². The first-order valence-corrected chi connectivity index (χ1v) is 7.86. The summed E-state index contributed by atoms with van der Waals surface area (Å²) >= 11 is 0. The fourth-order valence-corrected chi connectivity index (χ4v) is 2.92. The molecular weight excluding hydrogens is 282 g/mol. The zero-order valence-corrected chi connectivity index (χ0v) is 12.6. The van der Waals surface area contributed by atoms with Gasteiger partial charge >= 0.3 is 0 Å². The van der Waals surface area contributed by atoms with Crippen LogP contribution < -0.4 is 14.2 Å². The highest BCUT2D eigenvalue weighted by Gasteiger charge is 2.19. The summed E-state index contributed by atoms with van der Waals surface area (Å²) < 4.78 is 37.0. The minimum absolute atomic E-state index is 0.0861. The summed E-state index contributed by atoms with van der Waals surface area (Å²) in [5.74, 6) is 0.774. The van der Waals surface area contributed by atoms with Crippen LogP contribution in [-0.4, -0.2) is 40.9 Å². The number of ether oxygens (including phenoxy) is 2. The molecular formula is C13H21NO5S. The Morgan fingerprint density at radius 1 is 1.15 bits per heavy atom. The normalized spacial score (nSPS) is 11.3. The van der Waals surface area contributed by atoms with Crippen molar-refractivity contribution in [1.29, 1.82) is 0 Å². The summed E-state index contributed by atoms with van der Waals surface area (Å²) in [5.41, 5.74) is 0. The van der Waals surface area contributed by atoms with Crippen LogP contribution in [0.5, 0.6) is 11.5 Å². The van der Waals surface area contributed by atoms with E-state index in [1.165, 1.54) is 26.4 Å². The van der Waals surface area contributed by atoms with Gasteiger partial charge in [0.05, 0.1) is 14.2 Å². The first-order chi connectivity index (χ1) is 9.55. The third-order valence-electron chi connectivity index (χ3n) is 2.79. The molecule has 0 saturated carbocycles. The molecule has 1 aromatic carbocycles. The van der Waals surface area contributed by atoms with E-state index < -0.39 is 10.0 Å². The standard InChI is InChI=1S/C13H21NO5S/c1-18-11-6-7-13(12(10-11)19-2)20(16,17)14-8-4-3-5-9-15/h6-7,10,14-15H,3-5,8-9H2,1-2H3. The molecule has 0 aliphatic carbocycles. The summed E-state index contributed by atoms with van der Waals surface area (Å²) in [7, 11) is -0.694. The quantitative estimate of drug-likeness (QED) is 0.668. The molecule has 0 saturated heterocycles. The highest BCUT2D eigenvalue weighted by atomic mass is 32.2. The molecule has 6 nitrogen and oxygen atoms in total. The van der Waals surface area contributed by atoms with Crippen LogP contribution in [-0.2, 0) is 10.0 Å². The Balaban J connectivity index is 2.76. The van der Waals surface area contributed by atoms with Gasteiger partial charge in [0, 0.05) is 19.2 Å². The molecule has 0 atom stereocenters. The van der Waals surface area contributed by atoms with Gasteiger partial charge in [0.1, 0.15) is 16.4 Å². The molecule has 0 amide bonds. The zero-order chi connectivity index (χ0) is 15.0. The lowest BCUT2D eigenvalue weighted by atomic mass is 10.2. The van der Waals surface area contributed by atoms with Crippen LogP contribution in [0.3, 0.4) is 0 Å². The zero-order valence-electron chi connectivity index (χ0n) is 11.8. The SMILES string of the molecule is COc1ccc(S(=O)(=O)NCCCCCO)c(OC)c1. The van der Waals surface area contributed by atoms with E-state index >= 15 is 0 Å². The van der Waals surface area contributed by atoms with Gasteiger partial charge in [-0.05, 0) is 31.4 Å². The molecule has 0 heterocycles. The average Bonchev–Trinajstić information content (AvgIpc) is 2.46. The van der Waals surface area contributed by atoms with Crippen molar-refractivity contribution in [2.24, 2.45) is 0 Å². The van der Waals surface area contributed by atoms with Crippen LogP contribution in [0, 0.1) is 0 Å². The summed E-state index contributed by atoms with van der Waals surface area (Å²) in [5, 5.41) is 8.65. The number of rotatable bonds is 9. The van der Waals surface area contributed by atoms with Crippen molar-refractivity contribution in [3.05, 3.63) is 18.2 Å². The number of sulfonamides is 1. The molecule has 0 aliphatic rings. The van der Waals surface area contributed by atoms with Crippen molar-refractivity contribution in [3.8, 4) is 11.5 Å². The summed E-state index contributed by atoms with van der Waals surface area (Å²) in [6.45, 7) is 0.455. The number of nitrogens with one attached hydrogen (secondary N) is 1. The van der Waals surface area contributed by atoms with Crippen LogP contribution in [0.25, 0.3) is 0 Å². The Morgan fingerprint density at radius 3 is 2.50 bits per heavy atom. The van der Waals surface area contributed by atoms with Crippen molar-refractivity contribution in [1.82, 2.24) is 4.72 Å². The van der Waals surface area contributed by atoms with E-state index in [1.807, 2.05) is 0 Å². The summed E-state index contributed by atoms with van der Waals surface area (Å²) in [6.07, 6.45) is 2.13. The summed E-state index contributed by atoms with van der Waals surface area (Å²) in [4.78, 5) is 0.0861. The van der Waals surface area contributed by atoms with Gasteiger partial charge < -0.3 is 14.6 Å². The van der Waals surface area contributed by atoms with Crippen LogP contribution in [0.15, 0.2) is 23.1 Å². The molecule has 0 unspecified atom stereocenters. The van der Waals surface area contributed by atoms with Crippen LogP contribution in [0.2, 0.25) is 0 Å². The number of aliphatic hydroxyl groups is 1. The molecule has 2 N–H and O–H groups in total. The van der Waals surface area contributed by atoms with Gasteiger partial charge in [0.15, 0.2) is 0 Å². The number of unbranched alkanes of at least 4 members (excludes halogenated alkanes) is 2. The average molecular weight is 303 g/mol. The molecule has 0 radical (unpaired) electrons. The number of benzene rings is 1. The number of methoxy groups -OCH3 is 2. The molecule has 0 aromatic heterocycles. The molecule has 7 heteroatoms. The number of hydrogen-bond acceptors (Lipinski definition) is 5.